The number of carbonyl (C=O) groups excluding carboxylic acids is 2. The quantitative estimate of drug-likeness (QED) is 0.784. The molecule has 0 bridgehead atoms. The predicted molar refractivity (Wildman–Crippen MR) is 106 cm³/mol. The molecule has 27 heavy (non-hydrogen) atoms. The molecule has 1 aromatic carbocycles. The van der Waals surface area contributed by atoms with Gasteiger partial charge >= 0.3 is 6.09 Å². The van der Waals surface area contributed by atoms with Gasteiger partial charge in [0, 0.05) is 0 Å². The van der Waals surface area contributed by atoms with Gasteiger partial charge in [-0.2, -0.15) is 0 Å². The van der Waals surface area contributed by atoms with Gasteiger partial charge in [0.2, 0.25) is 0 Å². The first-order chi connectivity index (χ1) is 13.0. The lowest BCUT2D eigenvalue weighted by molar-refractivity contribution is -0.127. The first-order valence-electron chi connectivity index (χ1n) is 9.00. The SMILES string of the molecule is CC(Oc1ccccc1C(C)C)C(=O)NCC1CN(c2cccs2)C(=O)O1. The molecule has 2 aromatic rings. The van der Waals surface area contributed by atoms with Gasteiger partial charge in [-0.15, -0.1) is 11.3 Å². The molecule has 0 aliphatic carbocycles. The summed E-state index contributed by atoms with van der Waals surface area (Å²) in [5.41, 5.74) is 1.06. The number of hydrogen-bond acceptors (Lipinski definition) is 5. The number of rotatable bonds is 7. The van der Waals surface area contributed by atoms with E-state index in [-0.39, 0.29) is 24.6 Å². The summed E-state index contributed by atoms with van der Waals surface area (Å²) in [5, 5.41) is 5.57. The van der Waals surface area contributed by atoms with Crippen molar-refractivity contribution in [1.29, 1.82) is 0 Å². The third-order valence-corrected chi connectivity index (χ3v) is 5.26. The van der Waals surface area contributed by atoms with Crippen LogP contribution < -0.4 is 15.0 Å². The van der Waals surface area contributed by atoms with Gasteiger partial charge in [-0.25, -0.2) is 4.79 Å². The van der Waals surface area contributed by atoms with E-state index in [1.165, 1.54) is 11.3 Å². The van der Waals surface area contributed by atoms with Gasteiger partial charge in [-0.3, -0.25) is 9.69 Å². The summed E-state index contributed by atoms with van der Waals surface area (Å²) in [4.78, 5) is 25.9. The Morgan fingerprint density at radius 3 is 2.78 bits per heavy atom. The maximum absolute atomic E-state index is 12.4. The highest BCUT2D eigenvalue weighted by atomic mass is 32.1. The number of nitrogens with one attached hydrogen (secondary N) is 1. The highest BCUT2D eigenvalue weighted by molar-refractivity contribution is 7.14. The molecule has 144 valence electrons. The molecule has 2 amide bonds. The molecule has 1 aliphatic heterocycles. The fraction of sp³-hybridized carbons (Fsp3) is 0.400. The molecule has 1 N–H and O–H groups in total. The normalized spacial score (nSPS) is 17.7. The van der Waals surface area contributed by atoms with Gasteiger partial charge < -0.3 is 14.8 Å². The average molecular weight is 388 g/mol. The summed E-state index contributed by atoms with van der Waals surface area (Å²) in [6.45, 7) is 6.56. The van der Waals surface area contributed by atoms with Crippen molar-refractivity contribution in [3.8, 4) is 5.75 Å². The van der Waals surface area contributed by atoms with Crippen LogP contribution in [0, 0.1) is 0 Å². The predicted octanol–water partition coefficient (Wildman–Crippen LogP) is 3.78. The maximum Gasteiger partial charge on any atom is 0.415 e. The van der Waals surface area contributed by atoms with Crippen LogP contribution in [0.25, 0.3) is 0 Å². The van der Waals surface area contributed by atoms with Gasteiger partial charge in [0.15, 0.2) is 6.10 Å². The highest BCUT2D eigenvalue weighted by Crippen LogP contribution is 2.27. The Bertz CT molecular complexity index is 791. The fourth-order valence-electron chi connectivity index (χ4n) is 2.90. The second-order valence-electron chi connectivity index (χ2n) is 6.77. The molecular weight excluding hydrogens is 364 g/mol. The van der Waals surface area contributed by atoms with Crippen LogP contribution in [0.3, 0.4) is 0 Å². The van der Waals surface area contributed by atoms with E-state index in [0.717, 1.165) is 10.6 Å². The van der Waals surface area contributed by atoms with Gasteiger partial charge in [0.1, 0.15) is 16.9 Å². The fourth-order valence-corrected chi connectivity index (χ4v) is 3.63. The van der Waals surface area contributed by atoms with Crippen LogP contribution >= 0.6 is 11.3 Å². The number of amides is 2. The molecule has 1 saturated heterocycles. The van der Waals surface area contributed by atoms with Gasteiger partial charge in [-0.05, 0) is 42.0 Å². The minimum Gasteiger partial charge on any atom is -0.481 e. The molecule has 1 aliphatic rings. The van der Waals surface area contributed by atoms with Crippen LogP contribution in [-0.4, -0.2) is 37.3 Å². The number of hydrogen-bond donors (Lipinski definition) is 1. The molecule has 2 unspecified atom stereocenters. The minimum absolute atomic E-state index is 0.237. The second-order valence-corrected chi connectivity index (χ2v) is 7.69. The van der Waals surface area contributed by atoms with Crippen molar-refractivity contribution in [2.75, 3.05) is 18.0 Å². The van der Waals surface area contributed by atoms with Crippen molar-refractivity contribution >= 4 is 28.3 Å². The first kappa shape index (κ1) is 19.2. The summed E-state index contributed by atoms with van der Waals surface area (Å²) in [7, 11) is 0. The Morgan fingerprint density at radius 2 is 2.07 bits per heavy atom. The van der Waals surface area contributed by atoms with E-state index in [1.807, 2.05) is 41.8 Å². The Morgan fingerprint density at radius 1 is 1.30 bits per heavy atom. The molecule has 0 saturated carbocycles. The summed E-state index contributed by atoms with van der Waals surface area (Å²) >= 11 is 1.48. The monoisotopic (exact) mass is 388 g/mol. The Balaban J connectivity index is 1.52. The smallest absolute Gasteiger partial charge is 0.415 e. The average Bonchev–Trinajstić information content (AvgIpc) is 3.29. The van der Waals surface area contributed by atoms with Gasteiger partial charge in [0.25, 0.3) is 5.91 Å². The summed E-state index contributed by atoms with van der Waals surface area (Å²) in [6.07, 6.45) is -1.40. The first-order valence-corrected chi connectivity index (χ1v) is 9.88. The lowest BCUT2D eigenvalue weighted by atomic mass is 10.0. The number of anilines is 1. The molecule has 1 aromatic heterocycles. The van der Waals surface area contributed by atoms with Crippen LogP contribution in [0.5, 0.6) is 5.75 Å². The van der Waals surface area contributed by atoms with Crippen molar-refractivity contribution in [1.82, 2.24) is 5.32 Å². The number of ether oxygens (including phenoxy) is 2. The van der Waals surface area contributed by atoms with Gasteiger partial charge in [0.05, 0.1) is 13.1 Å². The lowest BCUT2D eigenvalue weighted by Crippen LogP contribution is -2.41. The molecule has 7 heteroatoms. The summed E-state index contributed by atoms with van der Waals surface area (Å²) < 4.78 is 11.2. The Labute approximate surface area is 163 Å². The largest absolute Gasteiger partial charge is 0.481 e. The van der Waals surface area contributed by atoms with E-state index in [2.05, 4.69) is 19.2 Å². The van der Waals surface area contributed by atoms with Crippen LogP contribution in [0.4, 0.5) is 9.80 Å². The van der Waals surface area contributed by atoms with E-state index < -0.39 is 6.10 Å². The van der Waals surface area contributed by atoms with Crippen LogP contribution in [-0.2, 0) is 9.53 Å². The minimum atomic E-state index is -0.643. The number of para-hydroxylation sites is 1. The molecule has 0 spiro atoms. The Kier molecular flexibility index (Phi) is 6.01. The maximum atomic E-state index is 12.4. The third kappa shape index (κ3) is 4.60. The molecule has 6 nitrogen and oxygen atoms in total. The molecular formula is C20H24N2O4S. The van der Waals surface area contributed by atoms with Crippen LogP contribution in [0.2, 0.25) is 0 Å². The number of carbonyl (C=O) groups is 2. The standard InChI is InChI=1S/C20H24N2O4S/c1-13(2)16-7-4-5-8-17(16)25-14(3)19(23)21-11-15-12-22(20(24)26-15)18-9-6-10-27-18/h4-10,13-15H,11-12H2,1-3H3,(H,21,23). The lowest BCUT2D eigenvalue weighted by Gasteiger charge is -2.19. The number of thiophene rings is 1. The van der Waals surface area contributed by atoms with Crippen LogP contribution in [0.15, 0.2) is 41.8 Å². The van der Waals surface area contributed by atoms with Crippen molar-refractivity contribution in [3.63, 3.8) is 0 Å². The summed E-state index contributed by atoms with van der Waals surface area (Å²) in [5.74, 6) is 0.781. The Hall–Kier alpha value is -2.54. The van der Waals surface area contributed by atoms with Crippen LogP contribution in [0.1, 0.15) is 32.3 Å². The van der Waals surface area contributed by atoms with Crippen molar-refractivity contribution in [2.24, 2.45) is 0 Å². The number of cyclic esters (lactones) is 1. The zero-order valence-corrected chi connectivity index (χ0v) is 16.5. The number of benzene rings is 1. The van der Waals surface area contributed by atoms with E-state index in [4.69, 9.17) is 9.47 Å². The molecule has 2 heterocycles. The van der Waals surface area contributed by atoms with Gasteiger partial charge in [-0.1, -0.05) is 32.0 Å². The topological polar surface area (TPSA) is 67.9 Å². The molecule has 1 fully saturated rings. The zero-order valence-electron chi connectivity index (χ0n) is 15.7. The molecule has 3 rings (SSSR count). The summed E-state index contributed by atoms with van der Waals surface area (Å²) in [6, 6.07) is 11.5. The second kappa shape index (κ2) is 8.43. The van der Waals surface area contributed by atoms with E-state index in [9.17, 15) is 9.59 Å². The zero-order chi connectivity index (χ0) is 19.4. The van der Waals surface area contributed by atoms with E-state index in [0.29, 0.717) is 18.2 Å². The van der Waals surface area contributed by atoms with E-state index >= 15 is 0 Å². The number of nitrogens with zero attached hydrogens (tertiary/aromatic N) is 1. The highest BCUT2D eigenvalue weighted by Gasteiger charge is 2.33. The van der Waals surface area contributed by atoms with Crippen molar-refractivity contribution in [2.45, 2.75) is 38.9 Å². The molecule has 2 atom stereocenters. The van der Waals surface area contributed by atoms with E-state index in [1.54, 1.807) is 11.8 Å². The van der Waals surface area contributed by atoms with Crippen molar-refractivity contribution < 1.29 is 19.1 Å². The molecule has 0 radical (unpaired) electrons. The third-order valence-electron chi connectivity index (χ3n) is 4.36. The van der Waals surface area contributed by atoms with Crippen molar-refractivity contribution in [3.05, 3.63) is 47.3 Å².